The van der Waals surface area contributed by atoms with Crippen molar-refractivity contribution in [2.24, 2.45) is 5.92 Å². The molecule has 21 heavy (non-hydrogen) atoms. The number of aromatic nitrogens is 3. The van der Waals surface area contributed by atoms with E-state index in [-0.39, 0.29) is 5.28 Å². The monoisotopic (exact) mass is 313 g/mol. The molecule has 0 aliphatic carbocycles. The maximum absolute atomic E-state index is 5.96. The van der Waals surface area contributed by atoms with E-state index in [9.17, 15) is 0 Å². The minimum absolute atomic E-state index is 0.182. The SMILES string of the molecule is CCCOc1nc(Cl)nc(N(C)CC2CCN(C)CC2)n1. The van der Waals surface area contributed by atoms with Crippen LogP contribution < -0.4 is 9.64 Å². The molecule has 1 fully saturated rings. The third-order valence-electron chi connectivity index (χ3n) is 3.72. The molecule has 0 bridgehead atoms. The van der Waals surface area contributed by atoms with Crippen LogP contribution in [0.1, 0.15) is 26.2 Å². The highest BCUT2D eigenvalue weighted by Crippen LogP contribution is 2.20. The maximum atomic E-state index is 5.96. The number of ether oxygens (including phenoxy) is 1. The molecule has 0 atom stereocenters. The number of piperidine rings is 1. The predicted octanol–water partition coefficient (Wildman–Crippen LogP) is 2.09. The second-order valence-electron chi connectivity index (χ2n) is 5.66. The highest BCUT2D eigenvalue weighted by Gasteiger charge is 2.20. The molecule has 118 valence electrons. The fourth-order valence-corrected chi connectivity index (χ4v) is 2.61. The van der Waals surface area contributed by atoms with Crippen molar-refractivity contribution in [3.63, 3.8) is 0 Å². The number of rotatable bonds is 6. The van der Waals surface area contributed by atoms with Crippen LogP contribution in [0.25, 0.3) is 0 Å². The van der Waals surface area contributed by atoms with Crippen LogP contribution in [0.15, 0.2) is 0 Å². The van der Waals surface area contributed by atoms with E-state index in [1.807, 2.05) is 18.9 Å². The summed E-state index contributed by atoms with van der Waals surface area (Å²) in [6.07, 6.45) is 3.32. The first-order valence-corrected chi connectivity index (χ1v) is 7.90. The fraction of sp³-hybridized carbons (Fsp3) is 0.786. The van der Waals surface area contributed by atoms with Crippen molar-refractivity contribution in [3.05, 3.63) is 5.28 Å². The van der Waals surface area contributed by atoms with Crippen molar-refractivity contribution in [3.8, 4) is 6.01 Å². The van der Waals surface area contributed by atoms with Gasteiger partial charge in [-0.25, -0.2) is 0 Å². The number of anilines is 1. The second-order valence-corrected chi connectivity index (χ2v) is 6.00. The molecule has 0 spiro atoms. The lowest BCUT2D eigenvalue weighted by molar-refractivity contribution is 0.222. The minimum Gasteiger partial charge on any atom is -0.463 e. The molecule has 0 amide bonds. The molecule has 1 saturated heterocycles. The summed E-state index contributed by atoms with van der Waals surface area (Å²) in [5, 5.41) is 0.182. The number of hydrogen-bond donors (Lipinski definition) is 0. The Labute approximate surface area is 131 Å². The Morgan fingerprint density at radius 2 is 2.00 bits per heavy atom. The first kappa shape index (κ1) is 16.2. The molecule has 0 saturated carbocycles. The van der Waals surface area contributed by atoms with Crippen LogP contribution in [0.3, 0.4) is 0 Å². The number of likely N-dealkylation sites (tertiary alicyclic amines) is 1. The standard InChI is InChI=1S/C14H24ClN5O/c1-4-9-21-14-17-12(15)16-13(18-14)20(3)10-11-5-7-19(2)8-6-11/h11H,4-10H2,1-3H3. The van der Waals surface area contributed by atoms with E-state index in [0.717, 1.165) is 26.1 Å². The maximum Gasteiger partial charge on any atom is 0.322 e. The van der Waals surface area contributed by atoms with E-state index in [0.29, 0.717) is 24.5 Å². The Morgan fingerprint density at radius 1 is 1.29 bits per heavy atom. The molecule has 1 aliphatic heterocycles. The molecule has 0 unspecified atom stereocenters. The Bertz CT molecular complexity index is 451. The van der Waals surface area contributed by atoms with Crippen molar-refractivity contribution < 1.29 is 4.74 Å². The van der Waals surface area contributed by atoms with Gasteiger partial charge in [0, 0.05) is 13.6 Å². The van der Waals surface area contributed by atoms with E-state index < -0.39 is 0 Å². The van der Waals surface area contributed by atoms with E-state index in [2.05, 4.69) is 26.9 Å². The van der Waals surface area contributed by atoms with Crippen molar-refractivity contribution in [1.29, 1.82) is 0 Å². The topological polar surface area (TPSA) is 54.4 Å². The first-order valence-electron chi connectivity index (χ1n) is 7.52. The smallest absolute Gasteiger partial charge is 0.322 e. The Morgan fingerprint density at radius 3 is 2.67 bits per heavy atom. The van der Waals surface area contributed by atoms with Gasteiger partial charge in [0.1, 0.15) is 0 Å². The summed E-state index contributed by atoms with van der Waals surface area (Å²) < 4.78 is 5.45. The van der Waals surface area contributed by atoms with Crippen molar-refractivity contribution in [1.82, 2.24) is 19.9 Å². The van der Waals surface area contributed by atoms with Crippen molar-refractivity contribution >= 4 is 17.5 Å². The van der Waals surface area contributed by atoms with Crippen LogP contribution in [0.5, 0.6) is 6.01 Å². The number of halogens is 1. The highest BCUT2D eigenvalue weighted by molar-refractivity contribution is 6.28. The lowest BCUT2D eigenvalue weighted by Gasteiger charge is -2.31. The summed E-state index contributed by atoms with van der Waals surface area (Å²) in [5.74, 6) is 1.25. The van der Waals surface area contributed by atoms with Crippen molar-refractivity contribution in [2.45, 2.75) is 26.2 Å². The predicted molar refractivity (Wildman–Crippen MR) is 84.1 cm³/mol. The third kappa shape index (κ3) is 4.97. The normalized spacial score (nSPS) is 17.0. The molecule has 7 heteroatoms. The van der Waals surface area contributed by atoms with Gasteiger partial charge in [0.15, 0.2) is 0 Å². The Hall–Kier alpha value is -1.14. The molecule has 1 aliphatic rings. The molecule has 0 radical (unpaired) electrons. The van der Waals surface area contributed by atoms with Crippen LogP contribution in [-0.4, -0.2) is 60.2 Å². The molecule has 0 N–H and O–H groups in total. The summed E-state index contributed by atoms with van der Waals surface area (Å²) in [6.45, 7) is 5.86. The number of hydrogen-bond acceptors (Lipinski definition) is 6. The second kappa shape index (κ2) is 7.75. The van der Waals surface area contributed by atoms with E-state index in [1.165, 1.54) is 12.8 Å². The summed E-state index contributed by atoms with van der Waals surface area (Å²) in [4.78, 5) is 16.9. The van der Waals surface area contributed by atoms with Crippen molar-refractivity contribution in [2.75, 3.05) is 45.2 Å². The molecule has 1 aromatic heterocycles. The van der Waals surface area contributed by atoms with E-state index in [4.69, 9.17) is 16.3 Å². The summed E-state index contributed by atoms with van der Waals surface area (Å²) >= 11 is 5.96. The van der Waals surface area contributed by atoms with Gasteiger partial charge < -0.3 is 14.5 Å². The van der Waals surface area contributed by atoms with Gasteiger partial charge in [-0.1, -0.05) is 6.92 Å². The number of nitrogens with zero attached hydrogens (tertiary/aromatic N) is 5. The van der Waals surface area contributed by atoms with E-state index >= 15 is 0 Å². The summed E-state index contributed by atoms with van der Waals surface area (Å²) in [5.41, 5.74) is 0. The Kier molecular flexibility index (Phi) is 5.99. The van der Waals surface area contributed by atoms with Gasteiger partial charge in [-0.3, -0.25) is 0 Å². The molecular formula is C14H24ClN5O. The molecule has 0 aromatic carbocycles. The van der Waals surface area contributed by atoms with Crippen LogP contribution in [0, 0.1) is 5.92 Å². The van der Waals surface area contributed by atoms with Gasteiger partial charge in [-0.05, 0) is 56.9 Å². The van der Waals surface area contributed by atoms with E-state index in [1.54, 1.807) is 0 Å². The van der Waals surface area contributed by atoms with Crippen LogP contribution in [0.2, 0.25) is 5.28 Å². The summed E-state index contributed by atoms with van der Waals surface area (Å²) in [7, 11) is 4.16. The van der Waals surface area contributed by atoms with Gasteiger partial charge in [0.25, 0.3) is 0 Å². The molecule has 1 aromatic rings. The zero-order valence-corrected chi connectivity index (χ0v) is 13.8. The van der Waals surface area contributed by atoms with Gasteiger partial charge in [0.2, 0.25) is 11.2 Å². The molecule has 6 nitrogen and oxygen atoms in total. The van der Waals surface area contributed by atoms with Crippen LogP contribution in [0.4, 0.5) is 5.95 Å². The van der Waals surface area contributed by atoms with Gasteiger partial charge >= 0.3 is 6.01 Å². The van der Waals surface area contributed by atoms with Gasteiger partial charge in [-0.15, -0.1) is 0 Å². The molecular weight excluding hydrogens is 290 g/mol. The average Bonchev–Trinajstić information content (AvgIpc) is 2.47. The third-order valence-corrected chi connectivity index (χ3v) is 3.89. The Balaban J connectivity index is 1.97. The van der Waals surface area contributed by atoms with Crippen LogP contribution in [-0.2, 0) is 0 Å². The summed E-state index contributed by atoms with van der Waals surface area (Å²) in [6, 6.07) is 0.307. The van der Waals surface area contributed by atoms with Crippen LogP contribution >= 0.6 is 11.6 Å². The highest BCUT2D eigenvalue weighted by atomic mass is 35.5. The first-order chi connectivity index (χ1) is 10.1. The zero-order chi connectivity index (χ0) is 15.2. The van der Waals surface area contributed by atoms with Gasteiger partial charge in [-0.2, -0.15) is 15.0 Å². The average molecular weight is 314 g/mol. The zero-order valence-electron chi connectivity index (χ0n) is 13.0. The lowest BCUT2D eigenvalue weighted by Crippen LogP contribution is -2.36. The van der Waals surface area contributed by atoms with Gasteiger partial charge in [0.05, 0.1) is 6.61 Å². The lowest BCUT2D eigenvalue weighted by atomic mass is 9.97. The minimum atomic E-state index is 0.182. The molecule has 2 heterocycles. The largest absolute Gasteiger partial charge is 0.463 e. The molecule has 2 rings (SSSR count). The quantitative estimate of drug-likeness (QED) is 0.801. The fourth-order valence-electron chi connectivity index (χ4n) is 2.46.